The van der Waals surface area contributed by atoms with E-state index < -0.39 is 5.97 Å². The molecular formula is C16H27N3O3. The lowest BCUT2D eigenvalue weighted by Crippen LogP contribution is -2.37. The van der Waals surface area contributed by atoms with Crippen molar-refractivity contribution in [3.8, 4) is 0 Å². The summed E-state index contributed by atoms with van der Waals surface area (Å²) in [5.41, 5.74) is 0.130. The summed E-state index contributed by atoms with van der Waals surface area (Å²) in [7, 11) is 1.78. The van der Waals surface area contributed by atoms with Crippen molar-refractivity contribution in [3.05, 3.63) is 17.7 Å². The van der Waals surface area contributed by atoms with E-state index >= 15 is 0 Å². The summed E-state index contributed by atoms with van der Waals surface area (Å²) in [5, 5.41) is 12.4. The van der Waals surface area contributed by atoms with E-state index in [1.807, 2.05) is 0 Å². The molecule has 6 nitrogen and oxygen atoms in total. The number of aromatic carboxylic acids is 1. The molecule has 3 N–H and O–H groups in total. The predicted molar refractivity (Wildman–Crippen MR) is 84.0 cm³/mol. The third-order valence-electron chi connectivity index (χ3n) is 4.61. The SMILES string of the molecule is CCC(NCC(OC)C1CCCCC1)c1ncc(C(=O)O)[nH]1. The Bertz CT molecular complexity index is 469. The van der Waals surface area contributed by atoms with Crippen LogP contribution in [-0.4, -0.2) is 40.8 Å². The van der Waals surface area contributed by atoms with Crippen molar-refractivity contribution in [3.63, 3.8) is 0 Å². The van der Waals surface area contributed by atoms with Crippen molar-refractivity contribution in [2.45, 2.75) is 57.6 Å². The molecule has 1 aromatic rings. The van der Waals surface area contributed by atoms with Gasteiger partial charge in [-0.05, 0) is 25.2 Å². The first kappa shape index (κ1) is 17.0. The number of aromatic amines is 1. The number of imidazole rings is 1. The highest BCUT2D eigenvalue weighted by Crippen LogP contribution is 2.28. The van der Waals surface area contributed by atoms with Crippen molar-refractivity contribution in [2.24, 2.45) is 5.92 Å². The van der Waals surface area contributed by atoms with Gasteiger partial charge >= 0.3 is 5.97 Å². The molecule has 0 aromatic carbocycles. The maximum atomic E-state index is 10.9. The molecule has 2 rings (SSSR count). The Kier molecular flexibility index (Phi) is 6.39. The molecular weight excluding hydrogens is 282 g/mol. The maximum Gasteiger partial charge on any atom is 0.353 e. The quantitative estimate of drug-likeness (QED) is 0.687. The minimum absolute atomic E-state index is 0.0225. The van der Waals surface area contributed by atoms with Gasteiger partial charge < -0.3 is 20.1 Å². The first-order chi connectivity index (χ1) is 10.7. The van der Waals surface area contributed by atoms with Crippen LogP contribution in [0.5, 0.6) is 0 Å². The second-order valence-electron chi connectivity index (χ2n) is 6.03. The van der Waals surface area contributed by atoms with Crippen LogP contribution >= 0.6 is 0 Å². The van der Waals surface area contributed by atoms with Crippen molar-refractivity contribution in [1.82, 2.24) is 15.3 Å². The monoisotopic (exact) mass is 309 g/mol. The molecule has 0 saturated heterocycles. The molecule has 0 radical (unpaired) electrons. The number of nitrogens with zero attached hydrogens (tertiary/aromatic N) is 1. The lowest BCUT2D eigenvalue weighted by Gasteiger charge is -2.30. The molecule has 124 valence electrons. The molecule has 0 aliphatic heterocycles. The maximum absolute atomic E-state index is 10.9. The number of hydrogen-bond donors (Lipinski definition) is 3. The summed E-state index contributed by atoms with van der Waals surface area (Å²) in [6, 6.07) is 0.0225. The molecule has 0 spiro atoms. The van der Waals surface area contributed by atoms with Gasteiger partial charge in [0.1, 0.15) is 11.5 Å². The molecule has 0 bridgehead atoms. The van der Waals surface area contributed by atoms with Crippen molar-refractivity contribution < 1.29 is 14.6 Å². The number of rotatable bonds is 8. The number of carboxylic acid groups (broad SMARTS) is 1. The summed E-state index contributed by atoms with van der Waals surface area (Å²) < 4.78 is 5.68. The van der Waals surface area contributed by atoms with Crippen molar-refractivity contribution >= 4 is 5.97 Å². The summed E-state index contributed by atoms with van der Waals surface area (Å²) >= 11 is 0. The molecule has 2 unspecified atom stereocenters. The Morgan fingerprint density at radius 3 is 2.77 bits per heavy atom. The van der Waals surface area contributed by atoms with Gasteiger partial charge in [-0.2, -0.15) is 0 Å². The summed E-state index contributed by atoms with van der Waals surface area (Å²) in [6.45, 7) is 2.83. The Morgan fingerprint density at radius 2 is 2.23 bits per heavy atom. The molecule has 1 saturated carbocycles. The molecule has 1 aromatic heterocycles. The number of hydrogen-bond acceptors (Lipinski definition) is 4. The first-order valence-corrected chi connectivity index (χ1v) is 8.20. The van der Waals surface area contributed by atoms with Gasteiger partial charge in [0, 0.05) is 13.7 Å². The smallest absolute Gasteiger partial charge is 0.353 e. The van der Waals surface area contributed by atoms with E-state index in [2.05, 4.69) is 22.2 Å². The third-order valence-corrected chi connectivity index (χ3v) is 4.61. The minimum atomic E-state index is -0.981. The first-order valence-electron chi connectivity index (χ1n) is 8.20. The molecule has 6 heteroatoms. The number of aromatic nitrogens is 2. The lowest BCUT2D eigenvalue weighted by atomic mass is 9.85. The number of carbonyl (C=O) groups is 1. The van der Waals surface area contributed by atoms with E-state index in [-0.39, 0.29) is 17.8 Å². The van der Waals surface area contributed by atoms with Crippen LogP contribution in [0.1, 0.15) is 67.8 Å². The zero-order valence-corrected chi connectivity index (χ0v) is 13.5. The summed E-state index contributed by atoms with van der Waals surface area (Å²) in [4.78, 5) is 18.0. The summed E-state index contributed by atoms with van der Waals surface area (Å²) in [6.07, 6.45) is 8.82. The molecule has 0 amide bonds. The predicted octanol–water partition coefficient (Wildman–Crippen LogP) is 2.74. The highest BCUT2D eigenvalue weighted by atomic mass is 16.5. The van der Waals surface area contributed by atoms with Crippen molar-refractivity contribution in [1.29, 1.82) is 0 Å². The van der Waals surface area contributed by atoms with Crippen molar-refractivity contribution in [2.75, 3.05) is 13.7 Å². The second-order valence-corrected chi connectivity index (χ2v) is 6.03. The van der Waals surface area contributed by atoms with Crippen LogP contribution in [0.15, 0.2) is 6.20 Å². The van der Waals surface area contributed by atoms with Gasteiger partial charge in [0.15, 0.2) is 0 Å². The topological polar surface area (TPSA) is 87.2 Å². The van der Waals surface area contributed by atoms with Crippen LogP contribution in [-0.2, 0) is 4.74 Å². The molecule has 2 atom stereocenters. The highest BCUT2D eigenvalue weighted by molar-refractivity contribution is 5.85. The largest absolute Gasteiger partial charge is 0.477 e. The third kappa shape index (κ3) is 4.30. The standard InChI is InChI=1S/C16H27N3O3/c1-3-12(15-18-9-13(19-15)16(20)21)17-10-14(22-2)11-7-5-4-6-8-11/h9,11-12,14,17H,3-8,10H2,1-2H3,(H,18,19)(H,20,21). The number of ether oxygens (including phenoxy) is 1. The fourth-order valence-corrected chi connectivity index (χ4v) is 3.26. The average Bonchev–Trinajstić information content (AvgIpc) is 3.02. The van der Waals surface area contributed by atoms with Gasteiger partial charge in [-0.3, -0.25) is 0 Å². The van der Waals surface area contributed by atoms with E-state index in [9.17, 15) is 4.79 Å². The molecule has 1 aliphatic carbocycles. The molecule has 1 aliphatic rings. The van der Waals surface area contributed by atoms with Gasteiger partial charge in [-0.25, -0.2) is 9.78 Å². The zero-order valence-electron chi connectivity index (χ0n) is 13.5. The van der Waals surface area contributed by atoms with Crippen LogP contribution in [0.25, 0.3) is 0 Å². The Morgan fingerprint density at radius 1 is 1.50 bits per heavy atom. The number of H-pyrrole nitrogens is 1. The normalized spacial score (nSPS) is 19.0. The Hall–Kier alpha value is -1.40. The van der Waals surface area contributed by atoms with E-state index in [0.29, 0.717) is 11.7 Å². The van der Waals surface area contributed by atoms with Gasteiger partial charge in [0.2, 0.25) is 0 Å². The van der Waals surface area contributed by atoms with Crippen LogP contribution in [0.3, 0.4) is 0 Å². The van der Waals surface area contributed by atoms with E-state index in [1.165, 1.54) is 38.3 Å². The van der Waals surface area contributed by atoms with Crippen LogP contribution < -0.4 is 5.32 Å². The molecule has 1 fully saturated rings. The van der Waals surface area contributed by atoms with Crippen LogP contribution in [0.4, 0.5) is 0 Å². The number of methoxy groups -OCH3 is 1. The van der Waals surface area contributed by atoms with E-state index in [1.54, 1.807) is 7.11 Å². The molecule has 1 heterocycles. The number of nitrogens with one attached hydrogen (secondary N) is 2. The highest BCUT2D eigenvalue weighted by Gasteiger charge is 2.24. The molecule has 22 heavy (non-hydrogen) atoms. The zero-order chi connectivity index (χ0) is 15.9. The lowest BCUT2D eigenvalue weighted by molar-refractivity contribution is 0.0345. The van der Waals surface area contributed by atoms with Crippen LogP contribution in [0.2, 0.25) is 0 Å². The Balaban J connectivity index is 1.92. The summed E-state index contributed by atoms with van der Waals surface area (Å²) in [5.74, 6) is 0.318. The van der Waals surface area contributed by atoms with Gasteiger partial charge in [0.25, 0.3) is 0 Å². The number of carboxylic acids is 1. The second kappa shape index (κ2) is 8.29. The van der Waals surface area contributed by atoms with Gasteiger partial charge in [-0.15, -0.1) is 0 Å². The minimum Gasteiger partial charge on any atom is -0.477 e. The fraction of sp³-hybridized carbons (Fsp3) is 0.750. The van der Waals surface area contributed by atoms with Gasteiger partial charge in [-0.1, -0.05) is 26.2 Å². The van der Waals surface area contributed by atoms with E-state index in [0.717, 1.165) is 13.0 Å². The fourth-order valence-electron chi connectivity index (χ4n) is 3.26. The van der Waals surface area contributed by atoms with Gasteiger partial charge in [0.05, 0.1) is 18.3 Å². The Labute approximate surface area is 131 Å². The average molecular weight is 309 g/mol. The van der Waals surface area contributed by atoms with Crippen LogP contribution in [0, 0.1) is 5.92 Å². The van der Waals surface area contributed by atoms with E-state index in [4.69, 9.17) is 9.84 Å².